The lowest BCUT2D eigenvalue weighted by Crippen LogP contribution is -2.05. The van der Waals surface area contributed by atoms with Gasteiger partial charge in [0.1, 0.15) is 0 Å². The van der Waals surface area contributed by atoms with Gasteiger partial charge in [0.2, 0.25) is 0 Å². The van der Waals surface area contributed by atoms with E-state index in [1.165, 1.54) is 12.0 Å². The summed E-state index contributed by atoms with van der Waals surface area (Å²) in [5.41, 5.74) is 1.91. The molecule has 0 heterocycles. The van der Waals surface area contributed by atoms with Crippen molar-refractivity contribution < 1.29 is 0 Å². The summed E-state index contributed by atoms with van der Waals surface area (Å²) in [6.07, 6.45) is 4.51. The normalized spacial score (nSPS) is 33.7. The minimum absolute atomic E-state index is 0.407. The number of hydrogen-bond donors (Lipinski definition) is 0. The molecule has 80 valence electrons. The Morgan fingerprint density at radius 1 is 1.27 bits per heavy atom. The molecule has 1 aromatic carbocycles. The zero-order valence-corrected chi connectivity index (χ0v) is 9.74. The molecule has 15 heavy (non-hydrogen) atoms. The van der Waals surface area contributed by atoms with Crippen LogP contribution < -0.4 is 0 Å². The maximum absolute atomic E-state index is 3.87. The van der Waals surface area contributed by atoms with Gasteiger partial charge in [0.15, 0.2) is 0 Å². The topological polar surface area (TPSA) is 0 Å². The zero-order chi connectivity index (χ0) is 10.9. The number of benzene rings is 1. The Bertz CT molecular complexity index is 338. The zero-order valence-electron chi connectivity index (χ0n) is 9.74. The lowest BCUT2D eigenvalue weighted by Gasteiger charge is -2.11. The summed E-state index contributed by atoms with van der Waals surface area (Å²) in [5, 5.41) is 0. The highest BCUT2D eigenvalue weighted by molar-refractivity contribution is 5.35. The second kappa shape index (κ2) is 3.84. The van der Waals surface area contributed by atoms with Crippen LogP contribution in [0.25, 0.3) is 0 Å². The molecule has 1 aliphatic rings. The summed E-state index contributed by atoms with van der Waals surface area (Å²) in [6.45, 7) is 8.58. The highest BCUT2D eigenvalue weighted by atomic mass is 14.6. The second-order valence-electron chi connectivity index (χ2n) is 4.79. The Morgan fingerprint density at radius 3 is 2.47 bits per heavy atom. The Morgan fingerprint density at radius 2 is 1.93 bits per heavy atom. The van der Waals surface area contributed by atoms with Gasteiger partial charge < -0.3 is 0 Å². The first-order valence-corrected chi connectivity index (χ1v) is 5.91. The second-order valence-corrected chi connectivity index (χ2v) is 4.79. The lowest BCUT2D eigenvalue weighted by atomic mass is 9.93. The van der Waals surface area contributed by atoms with Gasteiger partial charge in [-0.15, -0.1) is 6.58 Å². The summed E-state index contributed by atoms with van der Waals surface area (Å²) < 4.78 is 0. The molecule has 0 aliphatic heterocycles. The fourth-order valence-electron chi connectivity index (χ4n) is 3.22. The maximum Gasteiger partial charge on any atom is -0.000994 e. The van der Waals surface area contributed by atoms with Gasteiger partial charge in [-0.3, -0.25) is 0 Å². The van der Waals surface area contributed by atoms with Gasteiger partial charge in [-0.25, -0.2) is 0 Å². The highest BCUT2D eigenvalue weighted by Crippen LogP contribution is 2.62. The van der Waals surface area contributed by atoms with Crippen molar-refractivity contribution in [1.82, 2.24) is 0 Å². The molecule has 0 spiro atoms. The van der Waals surface area contributed by atoms with E-state index in [-0.39, 0.29) is 0 Å². The molecular formula is C15H20. The molecule has 0 bridgehead atoms. The van der Waals surface area contributed by atoms with E-state index in [0.717, 1.165) is 18.3 Å². The summed E-state index contributed by atoms with van der Waals surface area (Å²) in [4.78, 5) is 0. The van der Waals surface area contributed by atoms with E-state index in [9.17, 15) is 0 Å². The van der Waals surface area contributed by atoms with Gasteiger partial charge in [0.05, 0.1) is 0 Å². The van der Waals surface area contributed by atoms with Crippen LogP contribution in [0.15, 0.2) is 43.0 Å². The molecule has 1 fully saturated rings. The molecule has 0 saturated heterocycles. The average Bonchev–Trinajstić information content (AvgIpc) is 2.86. The van der Waals surface area contributed by atoms with Crippen molar-refractivity contribution in [2.24, 2.45) is 11.8 Å². The van der Waals surface area contributed by atoms with Gasteiger partial charge in [0.25, 0.3) is 0 Å². The molecule has 0 N–H and O–H groups in total. The molecule has 1 aliphatic carbocycles. The van der Waals surface area contributed by atoms with Crippen molar-refractivity contribution in [3.05, 3.63) is 48.6 Å². The number of hydrogen-bond acceptors (Lipinski definition) is 0. The minimum atomic E-state index is 0.407. The van der Waals surface area contributed by atoms with Gasteiger partial charge >= 0.3 is 0 Å². The average molecular weight is 200 g/mol. The summed E-state index contributed by atoms with van der Waals surface area (Å²) in [7, 11) is 0. The monoisotopic (exact) mass is 200 g/mol. The van der Waals surface area contributed by atoms with Crippen molar-refractivity contribution >= 4 is 0 Å². The standard InChI is InChI=1S/C15H20/c1-4-9-14-13(5-2)15(14,3)12-10-7-6-8-11-12/h4,6-8,10-11,13-14H,1,5,9H2,2-3H3/t13-,14+,15+/m1/s1. The van der Waals surface area contributed by atoms with E-state index in [0.29, 0.717) is 5.41 Å². The van der Waals surface area contributed by atoms with Crippen LogP contribution in [-0.4, -0.2) is 0 Å². The smallest absolute Gasteiger partial charge is 0.000994 e. The first-order valence-electron chi connectivity index (χ1n) is 5.91. The number of allylic oxidation sites excluding steroid dienone is 1. The molecule has 0 unspecified atom stereocenters. The van der Waals surface area contributed by atoms with Crippen molar-refractivity contribution in [3.63, 3.8) is 0 Å². The molecule has 0 aromatic heterocycles. The first-order chi connectivity index (χ1) is 7.25. The summed E-state index contributed by atoms with van der Waals surface area (Å²) >= 11 is 0. The van der Waals surface area contributed by atoms with Crippen molar-refractivity contribution in [2.75, 3.05) is 0 Å². The Kier molecular flexibility index (Phi) is 2.68. The highest BCUT2D eigenvalue weighted by Gasteiger charge is 2.59. The van der Waals surface area contributed by atoms with Crippen LogP contribution >= 0.6 is 0 Å². The molecule has 1 aromatic rings. The maximum atomic E-state index is 3.87. The van der Waals surface area contributed by atoms with Crippen LogP contribution in [0.3, 0.4) is 0 Å². The third-order valence-electron chi connectivity index (χ3n) is 4.17. The third kappa shape index (κ3) is 1.52. The van der Waals surface area contributed by atoms with Crippen molar-refractivity contribution in [3.8, 4) is 0 Å². The van der Waals surface area contributed by atoms with Gasteiger partial charge in [-0.05, 0) is 29.2 Å². The van der Waals surface area contributed by atoms with E-state index in [2.05, 4.69) is 56.8 Å². The quantitative estimate of drug-likeness (QED) is 0.640. The molecule has 0 heteroatoms. The van der Waals surface area contributed by atoms with Crippen LogP contribution in [0.4, 0.5) is 0 Å². The molecule has 0 amide bonds. The van der Waals surface area contributed by atoms with E-state index in [4.69, 9.17) is 0 Å². The van der Waals surface area contributed by atoms with Crippen molar-refractivity contribution in [1.29, 1.82) is 0 Å². The predicted octanol–water partition coefficient (Wildman–Crippen LogP) is 4.18. The van der Waals surface area contributed by atoms with E-state index < -0.39 is 0 Å². The van der Waals surface area contributed by atoms with E-state index in [1.54, 1.807) is 0 Å². The van der Waals surface area contributed by atoms with Gasteiger partial charge in [-0.2, -0.15) is 0 Å². The van der Waals surface area contributed by atoms with E-state index >= 15 is 0 Å². The summed E-state index contributed by atoms with van der Waals surface area (Å²) in [6, 6.07) is 10.9. The SMILES string of the molecule is C=CC[C@H]1[C@@H](CC)[C@]1(C)c1ccccc1. The molecule has 2 rings (SSSR count). The molecular weight excluding hydrogens is 180 g/mol. The van der Waals surface area contributed by atoms with Crippen molar-refractivity contribution in [2.45, 2.75) is 32.1 Å². The fraction of sp³-hybridized carbons (Fsp3) is 0.467. The Balaban J connectivity index is 2.25. The number of rotatable bonds is 4. The molecule has 0 radical (unpaired) electrons. The first kappa shape index (κ1) is 10.5. The largest absolute Gasteiger partial charge is 0.103 e. The molecule has 1 saturated carbocycles. The Labute approximate surface area is 93.0 Å². The van der Waals surface area contributed by atoms with E-state index in [1.807, 2.05) is 0 Å². The van der Waals surface area contributed by atoms with Crippen LogP contribution in [0, 0.1) is 11.8 Å². The van der Waals surface area contributed by atoms with Gasteiger partial charge in [-0.1, -0.05) is 56.7 Å². The lowest BCUT2D eigenvalue weighted by molar-refractivity contribution is 0.640. The molecule has 0 nitrogen and oxygen atoms in total. The van der Waals surface area contributed by atoms with Crippen LogP contribution in [-0.2, 0) is 5.41 Å². The fourth-order valence-corrected chi connectivity index (χ4v) is 3.22. The minimum Gasteiger partial charge on any atom is -0.103 e. The van der Waals surface area contributed by atoms with Crippen LogP contribution in [0.2, 0.25) is 0 Å². The van der Waals surface area contributed by atoms with Crippen LogP contribution in [0.5, 0.6) is 0 Å². The van der Waals surface area contributed by atoms with Crippen LogP contribution in [0.1, 0.15) is 32.3 Å². The predicted molar refractivity (Wildman–Crippen MR) is 65.9 cm³/mol. The Hall–Kier alpha value is -1.04. The van der Waals surface area contributed by atoms with Gasteiger partial charge in [0, 0.05) is 0 Å². The molecule has 3 atom stereocenters. The third-order valence-corrected chi connectivity index (χ3v) is 4.17. The summed E-state index contributed by atoms with van der Waals surface area (Å²) in [5.74, 6) is 1.65.